The van der Waals surface area contributed by atoms with Crippen molar-refractivity contribution in [3.05, 3.63) is 95.1 Å². The summed E-state index contributed by atoms with van der Waals surface area (Å²) in [7, 11) is 0. The number of hydrogen-bond acceptors (Lipinski definition) is 5. The summed E-state index contributed by atoms with van der Waals surface area (Å²) in [6, 6.07) is 22.8. The Bertz CT molecular complexity index is 1450. The molecular weight excluding hydrogens is 486 g/mol. The molecule has 2 N–H and O–H groups in total. The second kappa shape index (κ2) is 10.9. The summed E-state index contributed by atoms with van der Waals surface area (Å²) in [6.07, 6.45) is 1.71. The van der Waals surface area contributed by atoms with Gasteiger partial charge in [-0.1, -0.05) is 41.9 Å². The molecule has 0 atom stereocenters. The molecule has 0 spiro atoms. The lowest BCUT2D eigenvalue weighted by molar-refractivity contribution is -0.130. The van der Waals surface area contributed by atoms with E-state index in [-0.39, 0.29) is 18.4 Å². The molecule has 0 radical (unpaired) electrons. The molecule has 5 rings (SSSR count). The van der Waals surface area contributed by atoms with Gasteiger partial charge in [0.25, 0.3) is 5.91 Å². The molecule has 0 unspecified atom stereocenters. The minimum absolute atomic E-state index is 0.0503. The van der Waals surface area contributed by atoms with Gasteiger partial charge < -0.3 is 20.4 Å². The molecule has 0 aliphatic carbocycles. The van der Waals surface area contributed by atoms with Gasteiger partial charge >= 0.3 is 0 Å². The van der Waals surface area contributed by atoms with Gasteiger partial charge in [-0.2, -0.15) is 0 Å². The normalized spacial score (nSPS) is 13.5. The topological polar surface area (TPSA) is 77.6 Å². The van der Waals surface area contributed by atoms with Crippen LogP contribution in [0.5, 0.6) is 0 Å². The molecule has 2 amide bonds. The number of carbonyl (C=O) groups is 2. The van der Waals surface area contributed by atoms with Gasteiger partial charge in [-0.15, -0.1) is 0 Å². The highest BCUT2D eigenvalue weighted by atomic mass is 35.5. The molecular formula is C29H28ClN5O2. The number of benzene rings is 3. The predicted octanol–water partition coefficient (Wildman–Crippen LogP) is 5.02. The summed E-state index contributed by atoms with van der Waals surface area (Å²) in [5, 5.41) is 7.60. The van der Waals surface area contributed by atoms with Crippen molar-refractivity contribution in [2.75, 3.05) is 42.9 Å². The van der Waals surface area contributed by atoms with Crippen molar-refractivity contribution in [2.24, 2.45) is 0 Å². The van der Waals surface area contributed by atoms with Gasteiger partial charge in [0, 0.05) is 54.2 Å². The van der Waals surface area contributed by atoms with Crippen LogP contribution in [0.25, 0.3) is 10.9 Å². The van der Waals surface area contributed by atoms with Gasteiger partial charge in [-0.05, 0) is 55.0 Å². The number of anilines is 3. The van der Waals surface area contributed by atoms with Crippen molar-refractivity contribution < 1.29 is 9.59 Å². The van der Waals surface area contributed by atoms with E-state index in [4.69, 9.17) is 11.6 Å². The van der Waals surface area contributed by atoms with Gasteiger partial charge in [0.05, 0.1) is 23.3 Å². The second-order valence-corrected chi connectivity index (χ2v) is 9.46. The van der Waals surface area contributed by atoms with E-state index in [0.29, 0.717) is 29.4 Å². The van der Waals surface area contributed by atoms with Gasteiger partial charge in [0.15, 0.2) is 0 Å². The van der Waals surface area contributed by atoms with Crippen LogP contribution in [0.15, 0.2) is 79.0 Å². The Labute approximate surface area is 221 Å². The van der Waals surface area contributed by atoms with E-state index < -0.39 is 0 Å². The molecule has 7 nitrogen and oxygen atoms in total. The maximum atomic E-state index is 13.1. The maximum Gasteiger partial charge on any atom is 0.253 e. The molecule has 188 valence electrons. The number of hydrogen-bond donors (Lipinski definition) is 2. The summed E-state index contributed by atoms with van der Waals surface area (Å²) in [5.74, 6) is -0.399. The second-order valence-electron chi connectivity index (χ2n) is 9.03. The van der Waals surface area contributed by atoms with Crippen molar-refractivity contribution >= 4 is 51.4 Å². The highest BCUT2D eigenvalue weighted by Crippen LogP contribution is 2.29. The van der Waals surface area contributed by atoms with Crippen LogP contribution in [-0.2, 0) is 4.79 Å². The molecule has 0 bridgehead atoms. The van der Waals surface area contributed by atoms with Crippen molar-refractivity contribution in [3.63, 3.8) is 0 Å². The number of pyridine rings is 1. The van der Waals surface area contributed by atoms with E-state index in [1.165, 1.54) is 11.3 Å². The standard InChI is InChI=1S/C29H28ClN5O2/c1-20-6-2-5-9-27(20)34-14-16-35(17-15-34)28(36)19-32-29(37)22-7-3-4-8-25(22)33-26-12-13-31-24-11-10-21(30)18-23(24)26/h2-13,18H,14-17,19H2,1H3,(H,31,33)(H,32,37). The van der Waals surface area contributed by atoms with Crippen LogP contribution in [0.1, 0.15) is 15.9 Å². The Balaban J connectivity index is 1.22. The van der Waals surface area contributed by atoms with Crippen LogP contribution in [0.2, 0.25) is 5.02 Å². The van der Waals surface area contributed by atoms with E-state index in [1.807, 2.05) is 47.4 Å². The van der Waals surface area contributed by atoms with E-state index >= 15 is 0 Å². The lowest BCUT2D eigenvalue weighted by atomic mass is 10.1. The maximum absolute atomic E-state index is 13.1. The van der Waals surface area contributed by atoms with E-state index in [9.17, 15) is 9.59 Å². The highest BCUT2D eigenvalue weighted by molar-refractivity contribution is 6.31. The Morgan fingerprint density at radius 2 is 1.68 bits per heavy atom. The molecule has 37 heavy (non-hydrogen) atoms. The number of nitrogens with one attached hydrogen (secondary N) is 2. The fourth-order valence-electron chi connectivity index (χ4n) is 4.64. The summed E-state index contributed by atoms with van der Waals surface area (Å²) in [5.41, 5.74) is 5.10. The number of para-hydroxylation sites is 2. The molecule has 1 fully saturated rings. The van der Waals surface area contributed by atoms with E-state index in [1.54, 1.807) is 24.4 Å². The largest absolute Gasteiger partial charge is 0.368 e. The van der Waals surface area contributed by atoms with Gasteiger partial charge in [-0.3, -0.25) is 14.6 Å². The van der Waals surface area contributed by atoms with Crippen LogP contribution in [0.3, 0.4) is 0 Å². The number of fused-ring (bicyclic) bond motifs is 1. The van der Waals surface area contributed by atoms with Crippen LogP contribution >= 0.6 is 11.6 Å². The fourth-order valence-corrected chi connectivity index (χ4v) is 4.81. The summed E-state index contributed by atoms with van der Waals surface area (Å²) in [6.45, 7) is 4.83. The molecule has 4 aromatic rings. The van der Waals surface area contributed by atoms with Crippen LogP contribution in [0.4, 0.5) is 17.1 Å². The third-order valence-corrected chi connectivity index (χ3v) is 6.87. The smallest absolute Gasteiger partial charge is 0.253 e. The number of halogens is 1. The summed E-state index contributed by atoms with van der Waals surface area (Å²) >= 11 is 6.20. The molecule has 0 saturated carbocycles. The van der Waals surface area contributed by atoms with Crippen molar-refractivity contribution in [1.82, 2.24) is 15.2 Å². The minimum Gasteiger partial charge on any atom is -0.368 e. The first-order valence-corrected chi connectivity index (χ1v) is 12.6. The minimum atomic E-state index is -0.314. The predicted molar refractivity (Wildman–Crippen MR) is 149 cm³/mol. The Morgan fingerprint density at radius 1 is 0.919 bits per heavy atom. The Morgan fingerprint density at radius 3 is 2.49 bits per heavy atom. The van der Waals surface area contributed by atoms with Crippen molar-refractivity contribution in [1.29, 1.82) is 0 Å². The molecule has 1 aromatic heterocycles. The first-order chi connectivity index (χ1) is 18.0. The third kappa shape index (κ3) is 5.52. The number of carbonyl (C=O) groups excluding carboxylic acids is 2. The zero-order valence-corrected chi connectivity index (χ0v) is 21.3. The Kier molecular flexibility index (Phi) is 7.23. The van der Waals surface area contributed by atoms with Gasteiger partial charge in [0.2, 0.25) is 5.91 Å². The third-order valence-electron chi connectivity index (χ3n) is 6.63. The van der Waals surface area contributed by atoms with Gasteiger partial charge in [0.1, 0.15) is 0 Å². The molecule has 8 heteroatoms. The molecule has 2 heterocycles. The lowest BCUT2D eigenvalue weighted by Gasteiger charge is -2.36. The first kappa shape index (κ1) is 24.6. The van der Waals surface area contributed by atoms with Gasteiger partial charge in [-0.25, -0.2) is 0 Å². The fraction of sp³-hybridized carbons (Fsp3) is 0.207. The van der Waals surface area contributed by atoms with E-state index in [0.717, 1.165) is 29.7 Å². The molecule has 1 aliphatic heterocycles. The molecule has 3 aromatic carbocycles. The number of piperazine rings is 1. The molecule has 1 aliphatic rings. The number of aryl methyl sites for hydroxylation is 1. The quantitative estimate of drug-likeness (QED) is 0.378. The molecule has 1 saturated heterocycles. The average Bonchev–Trinajstić information content (AvgIpc) is 2.92. The summed E-state index contributed by atoms with van der Waals surface area (Å²) < 4.78 is 0. The van der Waals surface area contributed by atoms with Crippen LogP contribution in [0, 0.1) is 6.92 Å². The Hall–Kier alpha value is -4.10. The number of aromatic nitrogens is 1. The number of amides is 2. The number of nitrogens with zero attached hydrogens (tertiary/aromatic N) is 3. The zero-order valence-electron chi connectivity index (χ0n) is 20.6. The monoisotopic (exact) mass is 513 g/mol. The van der Waals surface area contributed by atoms with E-state index in [2.05, 4.69) is 39.6 Å². The van der Waals surface area contributed by atoms with Crippen molar-refractivity contribution in [2.45, 2.75) is 6.92 Å². The summed E-state index contributed by atoms with van der Waals surface area (Å²) in [4.78, 5) is 34.4. The first-order valence-electron chi connectivity index (χ1n) is 12.3. The highest BCUT2D eigenvalue weighted by Gasteiger charge is 2.23. The SMILES string of the molecule is Cc1ccccc1N1CCN(C(=O)CNC(=O)c2ccccc2Nc2ccnc3ccc(Cl)cc23)CC1. The number of rotatable bonds is 6. The lowest BCUT2D eigenvalue weighted by Crippen LogP contribution is -2.51. The van der Waals surface area contributed by atoms with Crippen molar-refractivity contribution in [3.8, 4) is 0 Å². The van der Waals surface area contributed by atoms with Crippen LogP contribution < -0.4 is 15.5 Å². The average molecular weight is 514 g/mol. The zero-order chi connectivity index (χ0) is 25.8. The van der Waals surface area contributed by atoms with Crippen LogP contribution in [-0.4, -0.2) is 54.4 Å².